The number of hydrogen-bond acceptors (Lipinski definition) is 7. The van der Waals surface area contributed by atoms with Crippen LogP contribution in [0.2, 0.25) is 0 Å². The van der Waals surface area contributed by atoms with Crippen molar-refractivity contribution < 1.29 is 23.8 Å². The van der Waals surface area contributed by atoms with E-state index in [1.807, 2.05) is 12.3 Å². The lowest BCUT2D eigenvalue weighted by atomic mass is 9.77. The summed E-state index contributed by atoms with van der Waals surface area (Å²) in [7, 11) is 5.02. The second-order valence-electron chi connectivity index (χ2n) is 12.8. The molecular formula is C37H48N2O5S. The fraction of sp³-hybridized carbons (Fsp3) is 0.541. The molecule has 8 heteroatoms. The maximum atomic E-state index is 14.3. The minimum atomic E-state index is -0.0567. The van der Waals surface area contributed by atoms with Gasteiger partial charge in [-0.15, -0.1) is 0 Å². The Labute approximate surface area is 272 Å². The van der Waals surface area contributed by atoms with Gasteiger partial charge < -0.3 is 19.1 Å². The van der Waals surface area contributed by atoms with E-state index in [-0.39, 0.29) is 17.7 Å². The molecule has 2 aliphatic rings. The summed E-state index contributed by atoms with van der Waals surface area (Å²) in [4.78, 5) is 34.5. The topological polar surface area (TPSA) is 78.0 Å². The summed E-state index contributed by atoms with van der Waals surface area (Å²) in [5.74, 6) is 2.45. The summed E-state index contributed by atoms with van der Waals surface area (Å²) in [5, 5.41) is 0.626. The van der Waals surface area contributed by atoms with Gasteiger partial charge in [-0.3, -0.25) is 9.59 Å². The number of hydrogen-bond donors (Lipinski definition) is 0. The number of carbonyl (C=O) groups is 2. The highest BCUT2D eigenvalue weighted by atomic mass is 32.1. The maximum absolute atomic E-state index is 14.3. The smallest absolute Gasteiger partial charge is 0.273 e. The van der Waals surface area contributed by atoms with Crippen LogP contribution in [0.25, 0.3) is 10.4 Å². The zero-order valence-electron chi connectivity index (χ0n) is 27.3. The summed E-state index contributed by atoms with van der Waals surface area (Å²) < 4.78 is 15.9. The van der Waals surface area contributed by atoms with E-state index in [0.29, 0.717) is 35.8 Å². The monoisotopic (exact) mass is 632 g/mol. The van der Waals surface area contributed by atoms with E-state index in [4.69, 9.17) is 14.2 Å². The van der Waals surface area contributed by atoms with Crippen molar-refractivity contribution in [3.05, 3.63) is 59.8 Å². The number of Topliss-reactive ketones (excluding diaryl/α,β-unsaturated/α-hetero) is 1. The molecule has 1 heterocycles. The molecule has 242 valence electrons. The van der Waals surface area contributed by atoms with Crippen molar-refractivity contribution in [2.45, 2.75) is 77.0 Å². The highest BCUT2D eigenvalue weighted by Gasteiger charge is 2.34. The average molecular weight is 633 g/mol. The number of anilines is 1. The molecule has 0 bridgehead atoms. The molecule has 2 aromatic carbocycles. The van der Waals surface area contributed by atoms with Crippen LogP contribution in [-0.2, 0) is 14.3 Å². The van der Waals surface area contributed by atoms with Gasteiger partial charge in [0.15, 0.2) is 0 Å². The van der Waals surface area contributed by atoms with Crippen LogP contribution in [0.1, 0.15) is 81.3 Å². The number of amides is 1. The number of ketones is 1. The molecule has 1 amide bonds. The van der Waals surface area contributed by atoms with Crippen molar-refractivity contribution in [1.29, 1.82) is 0 Å². The molecule has 0 saturated heterocycles. The van der Waals surface area contributed by atoms with Gasteiger partial charge in [0.25, 0.3) is 5.19 Å². The Morgan fingerprint density at radius 2 is 1.67 bits per heavy atom. The van der Waals surface area contributed by atoms with Gasteiger partial charge in [0.1, 0.15) is 11.5 Å². The molecule has 2 aliphatic carbocycles. The van der Waals surface area contributed by atoms with Crippen LogP contribution in [0, 0.1) is 24.7 Å². The summed E-state index contributed by atoms with van der Waals surface area (Å²) in [6.45, 7) is 3.45. The molecule has 1 aromatic heterocycles. The van der Waals surface area contributed by atoms with E-state index >= 15 is 0 Å². The molecule has 7 nitrogen and oxygen atoms in total. The van der Waals surface area contributed by atoms with Crippen molar-refractivity contribution in [3.63, 3.8) is 0 Å². The number of ether oxygens (including phenoxy) is 3. The largest absolute Gasteiger partial charge is 0.496 e. The van der Waals surface area contributed by atoms with Crippen molar-refractivity contribution in [2.75, 3.05) is 39.4 Å². The van der Waals surface area contributed by atoms with Gasteiger partial charge in [0.2, 0.25) is 5.91 Å². The molecule has 0 radical (unpaired) electrons. The molecule has 45 heavy (non-hydrogen) atoms. The predicted octanol–water partition coefficient (Wildman–Crippen LogP) is 8.24. The highest BCUT2D eigenvalue weighted by molar-refractivity contribution is 7.16. The van der Waals surface area contributed by atoms with Crippen LogP contribution in [0.4, 0.5) is 5.69 Å². The number of rotatable bonds is 13. The van der Waals surface area contributed by atoms with Crippen molar-refractivity contribution >= 4 is 28.7 Å². The summed E-state index contributed by atoms with van der Waals surface area (Å²) in [5.41, 5.74) is 4.55. The van der Waals surface area contributed by atoms with E-state index < -0.39 is 0 Å². The summed E-state index contributed by atoms with van der Waals surface area (Å²) in [6, 6.07) is 14.9. The van der Waals surface area contributed by atoms with Gasteiger partial charge in [0, 0.05) is 50.4 Å². The van der Waals surface area contributed by atoms with Crippen LogP contribution < -0.4 is 14.4 Å². The van der Waals surface area contributed by atoms with E-state index in [2.05, 4.69) is 53.2 Å². The van der Waals surface area contributed by atoms with E-state index in [1.54, 1.807) is 21.3 Å². The Bertz CT molecular complexity index is 1420. The molecule has 2 saturated carbocycles. The van der Waals surface area contributed by atoms with Crippen molar-refractivity contribution in [1.82, 2.24) is 4.98 Å². The SMILES string of the molecule is COCCCC(=O)C1CCC(C(=O)N(CC2CCC(c3ccc(OC)c(C)c3)CC2)c2cccc(-c3cnc(OC)s3)c2)CC1. The number of aromatic nitrogens is 1. The Balaban J connectivity index is 1.29. The van der Waals surface area contributed by atoms with E-state index in [0.717, 1.165) is 86.2 Å². The second kappa shape index (κ2) is 15.9. The fourth-order valence-corrected chi connectivity index (χ4v) is 7.93. The first kappa shape index (κ1) is 33.1. The predicted molar refractivity (Wildman–Crippen MR) is 180 cm³/mol. The van der Waals surface area contributed by atoms with E-state index in [1.165, 1.54) is 22.5 Å². The van der Waals surface area contributed by atoms with Crippen LogP contribution in [0.5, 0.6) is 10.9 Å². The number of methoxy groups -OCH3 is 3. The van der Waals surface area contributed by atoms with E-state index in [9.17, 15) is 9.59 Å². The molecule has 2 fully saturated rings. The summed E-state index contributed by atoms with van der Waals surface area (Å²) >= 11 is 1.51. The number of carbonyl (C=O) groups excluding carboxylic acids is 2. The number of thiazole rings is 1. The van der Waals surface area contributed by atoms with Gasteiger partial charge >= 0.3 is 0 Å². The first-order chi connectivity index (χ1) is 21.9. The average Bonchev–Trinajstić information content (AvgIpc) is 3.57. The van der Waals surface area contributed by atoms with Gasteiger partial charge in [-0.25, -0.2) is 4.98 Å². The van der Waals surface area contributed by atoms with Gasteiger partial charge in [0.05, 0.1) is 19.1 Å². The third kappa shape index (κ3) is 8.33. The van der Waals surface area contributed by atoms with Gasteiger partial charge in [-0.05, 0) is 111 Å². The lowest BCUT2D eigenvalue weighted by Gasteiger charge is -2.36. The number of nitrogens with zero attached hydrogens (tertiary/aromatic N) is 2. The Morgan fingerprint density at radius 3 is 2.33 bits per heavy atom. The Kier molecular flexibility index (Phi) is 11.7. The minimum absolute atomic E-state index is 0.0567. The zero-order valence-corrected chi connectivity index (χ0v) is 28.1. The maximum Gasteiger partial charge on any atom is 0.273 e. The van der Waals surface area contributed by atoms with Gasteiger partial charge in [-0.1, -0.05) is 35.6 Å². The third-order valence-corrected chi connectivity index (χ3v) is 10.9. The molecule has 3 aromatic rings. The van der Waals surface area contributed by atoms with Crippen LogP contribution >= 0.6 is 11.3 Å². The third-order valence-electron chi connectivity index (χ3n) is 9.85. The lowest BCUT2D eigenvalue weighted by Crippen LogP contribution is -2.41. The Morgan fingerprint density at radius 1 is 0.911 bits per heavy atom. The molecule has 5 rings (SSSR count). The number of benzene rings is 2. The molecular weight excluding hydrogens is 584 g/mol. The van der Waals surface area contributed by atoms with Crippen LogP contribution in [0.3, 0.4) is 0 Å². The molecule has 0 atom stereocenters. The quantitative estimate of drug-likeness (QED) is 0.177. The molecule has 0 spiro atoms. The van der Waals surface area contributed by atoms with Crippen molar-refractivity contribution in [2.24, 2.45) is 17.8 Å². The second-order valence-corrected chi connectivity index (χ2v) is 13.7. The number of aryl methyl sites for hydroxylation is 1. The fourth-order valence-electron chi connectivity index (χ4n) is 7.21. The van der Waals surface area contributed by atoms with Crippen LogP contribution in [-0.4, -0.2) is 51.2 Å². The van der Waals surface area contributed by atoms with Crippen molar-refractivity contribution in [3.8, 4) is 21.4 Å². The highest BCUT2D eigenvalue weighted by Crippen LogP contribution is 2.40. The lowest BCUT2D eigenvalue weighted by molar-refractivity contribution is -0.128. The standard InChI is InChI=1S/C37H48N2O5S/c1-25-21-30(18-19-34(25)43-3)27-12-10-26(11-13-27)24-39(32-8-5-7-31(22-32)35-23-38-37(44-4)45-35)36(41)29-16-14-28(15-17-29)33(40)9-6-20-42-2/h5,7-8,18-19,21-23,26-29H,6,9-17,20,24H2,1-4H3. The van der Waals surface area contributed by atoms with Gasteiger partial charge in [-0.2, -0.15) is 0 Å². The molecule has 0 aliphatic heterocycles. The molecule has 0 N–H and O–H groups in total. The normalized spacial score (nSPS) is 21.7. The molecule has 0 unspecified atom stereocenters. The first-order valence-corrected chi connectivity index (χ1v) is 17.3. The zero-order chi connectivity index (χ0) is 31.8. The van der Waals surface area contributed by atoms with Crippen LogP contribution in [0.15, 0.2) is 48.7 Å². The summed E-state index contributed by atoms with van der Waals surface area (Å²) in [6.07, 6.45) is 10.7. The Hall–Kier alpha value is -3.23. The first-order valence-electron chi connectivity index (χ1n) is 16.5. The minimum Gasteiger partial charge on any atom is -0.496 e.